The average molecular weight is 437 g/mol. The van der Waals surface area contributed by atoms with Gasteiger partial charge in [0.15, 0.2) is 0 Å². The fourth-order valence-corrected chi connectivity index (χ4v) is 4.47. The van der Waals surface area contributed by atoms with Crippen LogP contribution >= 0.6 is 11.6 Å². The van der Waals surface area contributed by atoms with E-state index in [2.05, 4.69) is 10.4 Å². The minimum absolute atomic E-state index is 0.111. The number of benzene rings is 2. The lowest BCUT2D eigenvalue weighted by atomic mass is 10.1. The van der Waals surface area contributed by atoms with Gasteiger partial charge in [0.2, 0.25) is 0 Å². The molecule has 3 N–H and O–H groups in total. The van der Waals surface area contributed by atoms with Crippen LogP contribution in [0.25, 0.3) is 11.3 Å². The topological polar surface area (TPSA) is 90.0 Å². The van der Waals surface area contributed by atoms with Crippen molar-refractivity contribution in [1.82, 2.24) is 15.1 Å². The van der Waals surface area contributed by atoms with Crippen LogP contribution in [0.1, 0.15) is 63.6 Å². The van der Waals surface area contributed by atoms with E-state index in [1.807, 2.05) is 55.5 Å². The zero-order chi connectivity index (χ0) is 22.0. The molecule has 0 atom stereocenters. The fourth-order valence-electron chi connectivity index (χ4n) is 4.11. The maximum Gasteiger partial charge on any atom is 0.254 e. The molecule has 0 aliphatic heterocycles. The number of nitrogens with two attached hydrogens (primary N) is 1. The van der Waals surface area contributed by atoms with Gasteiger partial charge >= 0.3 is 0 Å². The van der Waals surface area contributed by atoms with Gasteiger partial charge in [-0.25, -0.2) is 4.68 Å². The average Bonchev–Trinajstić information content (AvgIpc) is 3.40. The number of carbonyl (C=O) groups is 2. The highest BCUT2D eigenvalue weighted by molar-refractivity contribution is 6.33. The molecule has 6 nitrogen and oxygen atoms in total. The summed E-state index contributed by atoms with van der Waals surface area (Å²) in [4.78, 5) is 24.5. The highest BCUT2D eigenvalue weighted by Gasteiger charge is 2.27. The van der Waals surface area contributed by atoms with Crippen LogP contribution in [-0.4, -0.2) is 21.6 Å². The first-order valence-electron chi connectivity index (χ1n) is 10.5. The van der Waals surface area contributed by atoms with Gasteiger partial charge in [-0.2, -0.15) is 5.10 Å². The molecule has 160 valence electrons. The van der Waals surface area contributed by atoms with Crippen LogP contribution in [0.15, 0.2) is 48.5 Å². The number of hydrogen-bond acceptors (Lipinski definition) is 3. The number of nitrogens with zero attached hydrogens (tertiary/aromatic N) is 2. The predicted molar refractivity (Wildman–Crippen MR) is 121 cm³/mol. The molecule has 1 saturated carbocycles. The molecule has 0 bridgehead atoms. The van der Waals surface area contributed by atoms with Gasteiger partial charge in [0.05, 0.1) is 6.04 Å². The van der Waals surface area contributed by atoms with Gasteiger partial charge in [-0.3, -0.25) is 9.59 Å². The van der Waals surface area contributed by atoms with Gasteiger partial charge in [-0.05, 0) is 37.0 Å². The van der Waals surface area contributed by atoms with E-state index >= 15 is 0 Å². The Morgan fingerprint density at radius 3 is 2.45 bits per heavy atom. The summed E-state index contributed by atoms with van der Waals surface area (Å²) in [6, 6.07) is 15.2. The highest BCUT2D eigenvalue weighted by Crippen LogP contribution is 2.36. The van der Waals surface area contributed by atoms with Crippen LogP contribution in [0.4, 0.5) is 0 Å². The first-order valence-corrected chi connectivity index (χ1v) is 10.8. The molecule has 2 aromatic carbocycles. The second kappa shape index (κ2) is 8.94. The molecule has 0 spiro atoms. The van der Waals surface area contributed by atoms with Gasteiger partial charge in [0.25, 0.3) is 11.8 Å². The fraction of sp³-hybridized carbons (Fsp3) is 0.292. The number of hydrogen-bond donors (Lipinski definition) is 2. The predicted octanol–water partition coefficient (Wildman–Crippen LogP) is 4.66. The van der Waals surface area contributed by atoms with Crippen LogP contribution in [-0.2, 0) is 6.54 Å². The lowest BCUT2D eigenvalue weighted by molar-refractivity contribution is 0.0949. The monoisotopic (exact) mass is 436 g/mol. The van der Waals surface area contributed by atoms with Gasteiger partial charge in [0, 0.05) is 17.7 Å². The molecule has 2 amide bonds. The van der Waals surface area contributed by atoms with E-state index < -0.39 is 5.91 Å². The second-order valence-electron chi connectivity index (χ2n) is 7.96. The maximum absolute atomic E-state index is 12.4. The SMILES string of the molecule is Cc1ccccc1C(=O)NCc1ccc(-c2nn(C3CCCC3)c(Cl)c2C(N)=O)cc1. The van der Waals surface area contributed by atoms with Crippen LogP contribution < -0.4 is 11.1 Å². The summed E-state index contributed by atoms with van der Waals surface area (Å²) in [5, 5.41) is 7.90. The maximum atomic E-state index is 12.4. The molecule has 1 heterocycles. The zero-order valence-electron chi connectivity index (χ0n) is 17.4. The summed E-state index contributed by atoms with van der Waals surface area (Å²) in [5.74, 6) is -0.695. The standard InChI is InChI=1S/C24H25ClN4O2/c1-15-6-2-5-9-19(15)24(31)27-14-16-10-12-17(13-11-16)21-20(23(26)30)22(25)29(28-21)18-7-3-4-8-18/h2,5-6,9-13,18H,3-4,7-8,14H2,1H3,(H2,26,30)(H,27,31). The third kappa shape index (κ3) is 4.35. The second-order valence-corrected chi connectivity index (χ2v) is 8.31. The van der Waals surface area contributed by atoms with Gasteiger partial charge in [0.1, 0.15) is 16.4 Å². The molecular formula is C24H25ClN4O2. The third-order valence-electron chi connectivity index (χ3n) is 5.84. The van der Waals surface area contributed by atoms with Gasteiger partial charge in [-0.15, -0.1) is 0 Å². The van der Waals surface area contributed by atoms with E-state index in [-0.39, 0.29) is 17.5 Å². The van der Waals surface area contributed by atoms with Crippen molar-refractivity contribution in [3.63, 3.8) is 0 Å². The molecular weight excluding hydrogens is 412 g/mol. The Kier molecular flexibility index (Phi) is 6.09. The molecule has 1 aromatic heterocycles. The minimum Gasteiger partial charge on any atom is -0.365 e. The van der Waals surface area contributed by atoms with Crippen molar-refractivity contribution in [2.45, 2.75) is 45.2 Å². The Morgan fingerprint density at radius 1 is 1.13 bits per heavy atom. The number of aromatic nitrogens is 2. The molecule has 7 heteroatoms. The number of carbonyl (C=O) groups excluding carboxylic acids is 2. The summed E-state index contributed by atoms with van der Waals surface area (Å²) >= 11 is 6.49. The van der Waals surface area contributed by atoms with Crippen molar-refractivity contribution >= 4 is 23.4 Å². The third-order valence-corrected chi connectivity index (χ3v) is 6.20. The summed E-state index contributed by atoms with van der Waals surface area (Å²) < 4.78 is 1.75. The normalized spacial score (nSPS) is 14.0. The Bertz CT molecular complexity index is 1120. The van der Waals surface area contributed by atoms with Gasteiger partial charge < -0.3 is 11.1 Å². The van der Waals surface area contributed by atoms with E-state index in [1.165, 1.54) is 0 Å². The van der Waals surface area contributed by atoms with E-state index in [1.54, 1.807) is 4.68 Å². The zero-order valence-corrected chi connectivity index (χ0v) is 18.2. The summed E-state index contributed by atoms with van der Waals surface area (Å²) in [7, 11) is 0. The highest BCUT2D eigenvalue weighted by atomic mass is 35.5. The smallest absolute Gasteiger partial charge is 0.254 e. The molecule has 0 unspecified atom stereocenters. The van der Waals surface area contributed by atoms with Crippen LogP contribution in [0.3, 0.4) is 0 Å². The molecule has 31 heavy (non-hydrogen) atoms. The summed E-state index contributed by atoms with van der Waals surface area (Å²) in [6.07, 6.45) is 4.26. The minimum atomic E-state index is -0.584. The van der Waals surface area contributed by atoms with Crippen LogP contribution in [0, 0.1) is 6.92 Å². The van der Waals surface area contributed by atoms with Crippen molar-refractivity contribution in [2.24, 2.45) is 5.73 Å². The lowest BCUT2D eigenvalue weighted by Gasteiger charge is -2.10. The summed E-state index contributed by atoms with van der Waals surface area (Å²) in [5.41, 5.74) is 9.68. The van der Waals surface area contributed by atoms with E-state index in [9.17, 15) is 9.59 Å². The molecule has 1 fully saturated rings. The van der Waals surface area contributed by atoms with Crippen LogP contribution in [0.2, 0.25) is 5.15 Å². The Morgan fingerprint density at radius 2 is 1.81 bits per heavy atom. The first-order chi connectivity index (χ1) is 15.0. The number of primary amides is 1. The van der Waals surface area contributed by atoms with Crippen molar-refractivity contribution < 1.29 is 9.59 Å². The Balaban J connectivity index is 1.53. The van der Waals surface area contributed by atoms with Gasteiger partial charge in [-0.1, -0.05) is 66.9 Å². The first kappa shape index (κ1) is 21.1. The molecule has 0 saturated heterocycles. The molecule has 3 aromatic rings. The quantitative estimate of drug-likeness (QED) is 0.589. The lowest BCUT2D eigenvalue weighted by Crippen LogP contribution is -2.23. The van der Waals surface area contributed by atoms with E-state index in [0.29, 0.717) is 23.0 Å². The van der Waals surface area contributed by atoms with E-state index in [0.717, 1.165) is 42.4 Å². The molecule has 4 rings (SSSR count). The largest absolute Gasteiger partial charge is 0.365 e. The molecule has 0 radical (unpaired) electrons. The number of nitrogens with one attached hydrogen (secondary N) is 1. The van der Waals surface area contributed by atoms with E-state index in [4.69, 9.17) is 17.3 Å². The number of aryl methyl sites for hydroxylation is 1. The number of amides is 2. The van der Waals surface area contributed by atoms with Crippen molar-refractivity contribution in [3.8, 4) is 11.3 Å². The molecule has 1 aliphatic carbocycles. The van der Waals surface area contributed by atoms with Crippen molar-refractivity contribution in [2.75, 3.05) is 0 Å². The number of halogens is 1. The number of rotatable bonds is 6. The Labute approximate surface area is 186 Å². The molecule has 1 aliphatic rings. The Hall–Kier alpha value is -3.12. The van der Waals surface area contributed by atoms with Crippen LogP contribution in [0.5, 0.6) is 0 Å². The van der Waals surface area contributed by atoms with Crippen molar-refractivity contribution in [1.29, 1.82) is 0 Å². The summed E-state index contributed by atoms with van der Waals surface area (Å²) in [6.45, 7) is 2.31. The van der Waals surface area contributed by atoms with Crippen molar-refractivity contribution in [3.05, 3.63) is 75.9 Å².